The number of amides is 1. The van der Waals surface area contributed by atoms with Crippen LogP contribution in [0.2, 0.25) is 0 Å². The molecule has 0 fully saturated rings. The molecular weight excluding hydrogens is 254 g/mol. The maximum atomic E-state index is 13.5. The molecule has 0 aliphatic carbocycles. The summed E-state index contributed by atoms with van der Waals surface area (Å²) in [7, 11) is 1.42. The number of aromatic hydroxyl groups is 1. The van der Waals surface area contributed by atoms with Crippen LogP contribution >= 0.6 is 0 Å². The molecular formula is C13H10F2N2O2. The molecule has 0 radical (unpaired) electrons. The Hall–Kier alpha value is -2.50. The number of hydrogen-bond acceptors (Lipinski definition) is 3. The summed E-state index contributed by atoms with van der Waals surface area (Å²) in [5.74, 6) is -3.25. The number of nitrogens with zero attached hydrogens (tertiary/aromatic N) is 2. The number of carbonyl (C=O) groups is 1. The average Bonchev–Trinajstić information content (AvgIpc) is 2.41. The topological polar surface area (TPSA) is 53.4 Å². The third-order valence-corrected chi connectivity index (χ3v) is 2.62. The average molecular weight is 264 g/mol. The molecule has 2 aromatic rings. The summed E-state index contributed by atoms with van der Waals surface area (Å²) >= 11 is 0. The highest BCUT2D eigenvalue weighted by molar-refractivity contribution is 6.05. The maximum absolute atomic E-state index is 13.5. The van der Waals surface area contributed by atoms with Crippen LogP contribution in [0, 0.1) is 11.8 Å². The molecule has 1 aromatic heterocycles. The fourth-order valence-corrected chi connectivity index (χ4v) is 1.56. The Morgan fingerprint density at radius 2 is 1.84 bits per heavy atom. The Balaban J connectivity index is 2.33. The number of anilines is 1. The van der Waals surface area contributed by atoms with Gasteiger partial charge >= 0.3 is 0 Å². The van der Waals surface area contributed by atoms with E-state index in [4.69, 9.17) is 5.11 Å². The van der Waals surface area contributed by atoms with Crippen LogP contribution < -0.4 is 4.90 Å². The van der Waals surface area contributed by atoms with Gasteiger partial charge in [0.15, 0.2) is 5.82 Å². The number of pyridine rings is 1. The summed E-state index contributed by atoms with van der Waals surface area (Å²) in [6, 6.07) is 6.87. The summed E-state index contributed by atoms with van der Waals surface area (Å²) in [5.41, 5.74) is 0.0440. The van der Waals surface area contributed by atoms with Crippen molar-refractivity contribution >= 4 is 11.6 Å². The first-order valence-corrected chi connectivity index (χ1v) is 5.38. The first-order chi connectivity index (χ1) is 9.00. The predicted molar refractivity (Wildman–Crippen MR) is 65.0 cm³/mol. The minimum atomic E-state index is -1.31. The summed E-state index contributed by atoms with van der Waals surface area (Å²) in [5, 5.41) is 9.15. The van der Waals surface area contributed by atoms with Crippen molar-refractivity contribution in [3.05, 3.63) is 53.9 Å². The van der Waals surface area contributed by atoms with Gasteiger partial charge in [0.1, 0.15) is 5.75 Å². The van der Waals surface area contributed by atoms with Crippen molar-refractivity contribution in [2.75, 3.05) is 11.9 Å². The molecule has 0 aliphatic heterocycles. The number of aromatic nitrogens is 1. The van der Waals surface area contributed by atoms with E-state index in [0.29, 0.717) is 5.69 Å². The van der Waals surface area contributed by atoms with Crippen LogP contribution in [-0.2, 0) is 0 Å². The monoisotopic (exact) mass is 264 g/mol. The molecule has 0 atom stereocenters. The van der Waals surface area contributed by atoms with E-state index in [1.54, 1.807) is 0 Å². The lowest BCUT2D eigenvalue weighted by atomic mass is 10.2. The summed E-state index contributed by atoms with van der Waals surface area (Å²) < 4.78 is 26.4. The normalized spacial score (nSPS) is 10.3. The lowest BCUT2D eigenvalue weighted by Gasteiger charge is -2.17. The fraction of sp³-hybridized carbons (Fsp3) is 0.0769. The molecule has 0 aliphatic rings. The third-order valence-electron chi connectivity index (χ3n) is 2.62. The fourth-order valence-electron chi connectivity index (χ4n) is 1.56. The van der Waals surface area contributed by atoms with Gasteiger partial charge < -0.3 is 10.0 Å². The zero-order valence-corrected chi connectivity index (χ0v) is 9.97. The second-order valence-corrected chi connectivity index (χ2v) is 3.84. The van der Waals surface area contributed by atoms with Gasteiger partial charge in [-0.15, -0.1) is 0 Å². The summed E-state index contributed by atoms with van der Waals surface area (Å²) in [6.45, 7) is 0. The van der Waals surface area contributed by atoms with E-state index < -0.39 is 23.2 Å². The number of phenolic OH excluding ortho intramolecular Hbond substituents is 1. The van der Waals surface area contributed by atoms with Crippen molar-refractivity contribution in [1.82, 2.24) is 4.98 Å². The number of halogens is 2. The Morgan fingerprint density at radius 1 is 1.21 bits per heavy atom. The predicted octanol–water partition coefficient (Wildman–Crippen LogP) is 2.34. The number of benzene rings is 1. The van der Waals surface area contributed by atoms with Crippen LogP contribution in [0.25, 0.3) is 0 Å². The zero-order chi connectivity index (χ0) is 14.0. The van der Waals surface area contributed by atoms with Gasteiger partial charge in [-0.05, 0) is 30.3 Å². The van der Waals surface area contributed by atoms with E-state index in [1.165, 1.54) is 31.3 Å². The highest BCUT2D eigenvalue weighted by Crippen LogP contribution is 2.20. The number of phenols is 1. The Morgan fingerprint density at radius 3 is 2.47 bits per heavy atom. The first kappa shape index (κ1) is 12.9. The van der Waals surface area contributed by atoms with Crippen molar-refractivity contribution in [3.8, 4) is 5.75 Å². The highest BCUT2D eigenvalue weighted by Gasteiger charge is 2.20. The van der Waals surface area contributed by atoms with Gasteiger partial charge in [0, 0.05) is 18.9 Å². The van der Waals surface area contributed by atoms with E-state index in [0.717, 1.165) is 17.2 Å². The molecule has 0 bridgehead atoms. The maximum Gasteiger partial charge on any atom is 0.261 e. The SMILES string of the molecule is CN(C(=O)c1ccnc(F)c1F)c1ccc(O)cc1. The van der Waals surface area contributed by atoms with Crippen LogP contribution in [0.15, 0.2) is 36.5 Å². The standard InChI is InChI=1S/C13H10F2N2O2/c1-17(8-2-4-9(18)5-3-8)13(19)10-6-7-16-12(15)11(10)14/h2-7,18H,1H3. The third kappa shape index (κ3) is 2.52. The molecule has 0 saturated heterocycles. The minimum absolute atomic E-state index is 0.0470. The van der Waals surface area contributed by atoms with E-state index in [2.05, 4.69) is 4.98 Å². The zero-order valence-electron chi connectivity index (χ0n) is 9.97. The molecule has 19 heavy (non-hydrogen) atoms. The molecule has 6 heteroatoms. The molecule has 4 nitrogen and oxygen atoms in total. The van der Waals surface area contributed by atoms with Crippen molar-refractivity contribution in [1.29, 1.82) is 0 Å². The highest BCUT2D eigenvalue weighted by atomic mass is 19.2. The van der Waals surface area contributed by atoms with Crippen LogP contribution in [0.1, 0.15) is 10.4 Å². The number of hydrogen-bond donors (Lipinski definition) is 1. The molecule has 2 rings (SSSR count). The largest absolute Gasteiger partial charge is 0.508 e. The quantitative estimate of drug-likeness (QED) is 0.847. The molecule has 0 spiro atoms. The molecule has 0 unspecified atom stereocenters. The van der Waals surface area contributed by atoms with Crippen molar-refractivity contribution in [2.24, 2.45) is 0 Å². The second kappa shape index (κ2) is 5.01. The van der Waals surface area contributed by atoms with Gasteiger partial charge in [0.05, 0.1) is 5.56 Å². The van der Waals surface area contributed by atoms with Crippen molar-refractivity contribution in [3.63, 3.8) is 0 Å². The Kier molecular flexibility index (Phi) is 3.41. The van der Waals surface area contributed by atoms with Crippen molar-refractivity contribution < 1.29 is 18.7 Å². The number of rotatable bonds is 2. The van der Waals surface area contributed by atoms with Gasteiger partial charge in [0.2, 0.25) is 5.95 Å². The van der Waals surface area contributed by atoms with E-state index >= 15 is 0 Å². The van der Waals surface area contributed by atoms with E-state index in [9.17, 15) is 13.6 Å². The van der Waals surface area contributed by atoms with Crippen LogP contribution in [-0.4, -0.2) is 23.0 Å². The van der Waals surface area contributed by atoms with Gasteiger partial charge in [-0.25, -0.2) is 9.37 Å². The summed E-state index contributed by atoms with van der Waals surface area (Å²) in [6.07, 6.45) is 1.02. The van der Waals surface area contributed by atoms with Gasteiger partial charge in [-0.1, -0.05) is 0 Å². The lowest BCUT2D eigenvalue weighted by molar-refractivity contribution is 0.0987. The summed E-state index contributed by atoms with van der Waals surface area (Å²) in [4.78, 5) is 16.3. The molecule has 98 valence electrons. The van der Waals surface area contributed by atoms with Gasteiger partial charge in [-0.2, -0.15) is 4.39 Å². The van der Waals surface area contributed by atoms with Gasteiger partial charge in [0.25, 0.3) is 5.91 Å². The van der Waals surface area contributed by atoms with Crippen LogP contribution in [0.4, 0.5) is 14.5 Å². The minimum Gasteiger partial charge on any atom is -0.508 e. The first-order valence-electron chi connectivity index (χ1n) is 5.38. The van der Waals surface area contributed by atoms with E-state index in [1.807, 2.05) is 0 Å². The second-order valence-electron chi connectivity index (χ2n) is 3.84. The van der Waals surface area contributed by atoms with Gasteiger partial charge in [-0.3, -0.25) is 4.79 Å². The van der Waals surface area contributed by atoms with Crippen LogP contribution in [0.5, 0.6) is 5.75 Å². The number of carbonyl (C=O) groups excluding carboxylic acids is 1. The van der Waals surface area contributed by atoms with Crippen molar-refractivity contribution in [2.45, 2.75) is 0 Å². The molecule has 0 saturated carbocycles. The van der Waals surface area contributed by atoms with E-state index in [-0.39, 0.29) is 5.75 Å². The molecule has 1 amide bonds. The molecule has 1 N–H and O–H groups in total. The Labute approximate surface area is 107 Å². The molecule has 1 aromatic carbocycles. The van der Waals surface area contributed by atoms with Crippen LogP contribution in [0.3, 0.4) is 0 Å². The Bertz CT molecular complexity index is 615. The molecule has 1 heterocycles. The lowest BCUT2D eigenvalue weighted by Crippen LogP contribution is -2.27. The smallest absolute Gasteiger partial charge is 0.261 e.